The molecule has 3 aromatic rings. The number of carbonyl (C=O) groups is 1. The predicted molar refractivity (Wildman–Crippen MR) is 113 cm³/mol. The van der Waals surface area contributed by atoms with Gasteiger partial charge in [-0.15, -0.1) is 22.7 Å². The maximum atomic E-state index is 12.7. The van der Waals surface area contributed by atoms with Crippen molar-refractivity contribution in [3.05, 3.63) is 39.2 Å². The largest absolute Gasteiger partial charge is 0.356 e. The van der Waals surface area contributed by atoms with E-state index >= 15 is 0 Å². The number of nitrogens with one attached hydrogen (secondary N) is 1. The summed E-state index contributed by atoms with van der Waals surface area (Å²) in [7, 11) is 0. The van der Waals surface area contributed by atoms with Crippen LogP contribution in [-0.2, 0) is 6.42 Å². The van der Waals surface area contributed by atoms with Crippen molar-refractivity contribution < 1.29 is 4.79 Å². The Morgan fingerprint density at radius 2 is 2.04 bits per heavy atom. The third-order valence-corrected chi connectivity index (χ3v) is 7.19. The highest BCUT2D eigenvalue weighted by atomic mass is 32.1. The van der Waals surface area contributed by atoms with E-state index in [9.17, 15) is 4.79 Å². The number of hydrogen-bond donors (Lipinski definition) is 1. The van der Waals surface area contributed by atoms with Crippen LogP contribution in [0.4, 0.5) is 5.82 Å². The first-order valence-electron chi connectivity index (χ1n) is 9.53. The van der Waals surface area contributed by atoms with Gasteiger partial charge in [-0.3, -0.25) is 4.79 Å². The number of hydrogen-bond acceptors (Lipinski definition) is 6. The van der Waals surface area contributed by atoms with Crippen LogP contribution in [0.2, 0.25) is 0 Å². The van der Waals surface area contributed by atoms with E-state index in [0.717, 1.165) is 46.0 Å². The number of nitrogens with zero attached hydrogens (tertiary/aromatic N) is 3. The SMILES string of the molecule is Cc1c(C(=O)NCCc2cccs2)sc2ncnc(N3CCCCCC3)c12. The summed E-state index contributed by atoms with van der Waals surface area (Å²) >= 11 is 3.20. The van der Waals surface area contributed by atoms with Crippen molar-refractivity contribution in [1.82, 2.24) is 15.3 Å². The van der Waals surface area contributed by atoms with Gasteiger partial charge in [-0.05, 0) is 43.2 Å². The number of rotatable bonds is 5. The van der Waals surface area contributed by atoms with Crippen LogP contribution < -0.4 is 10.2 Å². The maximum absolute atomic E-state index is 12.7. The Hall–Kier alpha value is -1.99. The second kappa shape index (κ2) is 8.35. The zero-order chi connectivity index (χ0) is 18.6. The monoisotopic (exact) mass is 400 g/mol. The smallest absolute Gasteiger partial charge is 0.261 e. The Balaban J connectivity index is 1.56. The molecule has 4 heterocycles. The first-order chi connectivity index (χ1) is 13.2. The first kappa shape index (κ1) is 18.4. The zero-order valence-corrected chi connectivity index (χ0v) is 17.2. The van der Waals surface area contributed by atoms with Gasteiger partial charge in [-0.1, -0.05) is 18.9 Å². The summed E-state index contributed by atoms with van der Waals surface area (Å²) in [6.45, 7) is 4.74. The quantitative estimate of drug-likeness (QED) is 0.689. The topological polar surface area (TPSA) is 58.1 Å². The fourth-order valence-corrected chi connectivity index (χ4v) is 5.39. The zero-order valence-electron chi connectivity index (χ0n) is 15.5. The second-order valence-electron chi connectivity index (χ2n) is 6.92. The molecule has 0 aliphatic carbocycles. The van der Waals surface area contributed by atoms with E-state index in [-0.39, 0.29) is 5.91 Å². The lowest BCUT2D eigenvalue weighted by Crippen LogP contribution is -2.26. The summed E-state index contributed by atoms with van der Waals surface area (Å²) in [4.78, 5) is 27.1. The van der Waals surface area contributed by atoms with E-state index < -0.39 is 0 Å². The second-order valence-corrected chi connectivity index (χ2v) is 8.95. The molecule has 1 N–H and O–H groups in total. The standard InChI is InChI=1S/C20H24N4OS2/c1-14-16-18(24-10-4-2-3-5-11-24)22-13-23-20(16)27-17(14)19(25)21-9-8-15-7-6-12-26-15/h6-7,12-13H,2-5,8-11H2,1H3,(H,21,25). The van der Waals surface area contributed by atoms with Crippen LogP contribution in [0.15, 0.2) is 23.8 Å². The lowest BCUT2D eigenvalue weighted by atomic mass is 10.2. The molecule has 1 aliphatic heterocycles. The number of carbonyl (C=O) groups excluding carboxylic acids is 1. The summed E-state index contributed by atoms with van der Waals surface area (Å²) in [5.41, 5.74) is 1.00. The number of amides is 1. The Labute approximate surface area is 167 Å². The van der Waals surface area contributed by atoms with Crippen LogP contribution in [0.3, 0.4) is 0 Å². The van der Waals surface area contributed by atoms with Gasteiger partial charge in [-0.25, -0.2) is 9.97 Å². The average Bonchev–Trinajstić information content (AvgIpc) is 3.21. The summed E-state index contributed by atoms with van der Waals surface area (Å²) in [5.74, 6) is 0.988. The van der Waals surface area contributed by atoms with Crippen molar-refractivity contribution in [2.75, 3.05) is 24.5 Å². The molecule has 0 atom stereocenters. The lowest BCUT2D eigenvalue weighted by Gasteiger charge is -2.22. The molecule has 0 unspecified atom stereocenters. The minimum atomic E-state index is -0.00567. The van der Waals surface area contributed by atoms with Gasteiger partial charge in [0.2, 0.25) is 0 Å². The van der Waals surface area contributed by atoms with Gasteiger partial charge in [-0.2, -0.15) is 0 Å². The van der Waals surface area contributed by atoms with Gasteiger partial charge in [0.25, 0.3) is 5.91 Å². The fraction of sp³-hybridized carbons (Fsp3) is 0.450. The molecule has 7 heteroatoms. The maximum Gasteiger partial charge on any atom is 0.261 e. The fourth-order valence-electron chi connectivity index (χ4n) is 3.63. The van der Waals surface area contributed by atoms with Crippen molar-refractivity contribution in [1.29, 1.82) is 0 Å². The molecule has 3 aromatic heterocycles. The number of fused-ring (bicyclic) bond motifs is 1. The van der Waals surface area contributed by atoms with Gasteiger partial charge >= 0.3 is 0 Å². The van der Waals surface area contributed by atoms with E-state index in [0.29, 0.717) is 6.54 Å². The minimum absolute atomic E-state index is 0.00567. The molecule has 1 amide bonds. The van der Waals surface area contributed by atoms with Crippen molar-refractivity contribution in [3.8, 4) is 0 Å². The Kier molecular flexibility index (Phi) is 5.69. The number of anilines is 1. The molecule has 0 bridgehead atoms. The van der Waals surface area contributed by atoms with E-state index in [4.69, 9.17) is 0 Å². The van der Waals surface area contributed by atoms with Crippen LogP contribution >= 0.6 is 22.7 Å². The Bertz CT molecular complexity index is 912. The molecule has 0 radical (unpaired) electrons. The molecule has 142 valence electrons. The van der Waals surface area contributed by atoms with Gasteiger partial charge in [0, 0.05) is 24.5 Å². The van der Waals surface area contributed by atoms with Crippen LogP contribution in [0.5, 0.6) is 0 Å². The molecule has 1 aliphatic rings. The normalized spacial score (nSPS) is 15.1. The first-order valence-corrected chi connectivity index (χ1v) is 11.2. The van der Waals surface area contributed by atoms with Gasteiger partial charge < -0.3 is 10.2 Å². The number of aromatic nitrogens is 2. The van der Waals surface area contributed by atoms with Crippen molar-refractivity contribution in [3.63, 3.8) is 0 Å². The Morgan fingerprint density at radius 3 is 2.78 bits per heavy atom. The Morgan fingerprint density at radius 1 is 1.22 bits per heavy atom. The van der Waals surface area contributed by atoms with Crippen LogP contribution in [0.25, 0.3) is 10.2 Å². The van der Waals surface area contributed by atoms with Crippen molar-refractivity contribution >= 4 is 44.6 Å². The lowest BCUT2D eigenvalue weighted by molar-refractivity contribution is 0.0958. The minimum Gasteiger partial charge on any atom is -0.356 e. The highest BCUT2D eigenvalue weighted by molar-refractivity contribution is 7.20. The van der Waals surface area contributed by atoms with Crippen molar-refractivity contribution in [2.24, 2.45) is 0 Å². The molecule has 4 rings (SSSR count). The molecule has 0 spiro atoms. The molecular formula is C20H24N4OS2. The van der Waals surface area contributed by atoms with E-state index in [2.05, 4.69) is 31.6 Å². The van der Waals surface area contributed by atoms with E-state index in [1.807, 2.05) is 13.0 Å². The summed E-state index contributed by atoms with van der Waals surface area (Å²) in [6, 6.07) is 4.14. The molecular weight excluding hydrogens is 376 g/mol. The van der Waals surface area contributed by atoms with Gasteiger partial charge in [0.1, 0.15) is 17.0 Å². The molecule has 1 fully saturated rings. The van der Waals surface area contributed by atoms with Crippen LogP contribution in [-0.4, -0.2) is 35.5 Å². The molecule has 27 heavy (non-hydrogen) atoms. The molecule has 0 aromatic carbocycles. The summed E-state index contributed by atoms with van der Waals surface area (Å²) in [5, 5.41) is 6.18. The molecule has 1 saturated heterocycles. The molecule has 0 saturated carbocycles. The van der Waals surface area contributed by atoms with E-state index in [1.54, 1.807) is 17.7 Å². The average molecular weight is 401 g/mol. The number of aryl methyl sites for hydroxylation is 1. The number of thiophene rings is 2. The van der Waals surface area contributed by atoms with E-state index in [1.165, 1.54) is 41.9 Å². The van der Waals surface area contributed by atoms with Crippen LogP contribution in [0, 0.1) is 6.92 Å². The van der Waals surface area contributed by atoms with Crippen LogP contribution in [0.1, 0.15) is 45.8 Å². The van der Waals surface area contributed by atoms with Gasteiger partial charge in [0.05, 0.1) is 10.3 Å². The third kappa shape index (κ3) is 3.99. The summed E-state index contributed by atoms with van der Waals surface area (Å²) in [6.07, 6.45) is 7.47. The molecule has 5 nitrogen and oxygen atoms in total. The van der Waals surface area contributed by atoms with Gasteiger partial charge in [0.15, 0.2) is 0 Å². The third-order valence-electron chi connectivity index (χ3n) is 5.06. The predicted octanol–water partition coefficient (Wildman–Crippen LogP) is 4.41. The van der Waals surface area contributed by atoms with Crippen molar-refractivity contribution in [2.45, 2.75) is 39.0 Å². The highest BCUT2D eigenvalue weighted by Crippen LogP contribution is 2.35. The highest BCUT2D eigenvalue weighted by Gasteiger charge is 2.22. The summed E-state index contributed by atoms with van der Waals surface area (Å²) < 4.78 is 0.